The van der Waals surface area contributed by atoms with Crippen molar-refractivity contribution in [3.05, 3.63) is 125 Å². The Morgan fingerprint density at radius 2 is 1.79 bits per heavy atom. The summed E-state index contributed by atoms with van der Waals surface area (Å²) < 4.78 is 2.61. The maximum absolute atomic E-state index is 13.8. The Kier molecular flexibility index (Phi) is 7.74. The second-order valence-corrected chi connectivity index (χ2v) is 13.9. The molecule has 0 radical (unpaired) electrons. The van der Waals surface area contributed by atoms with Gasteiger partial charge in [-0.3, -0.25) is 14.6 Å². The first-order chi connectivity index (χ1) is 23.0. The Morgan fingerprint density at radius 3 is 2.62 bits per heavy atom. The summed E-state index contributed by atoms with van der Waals surface area (Å²) in [7, 11) is 0. The van der Waals surface area contributed by atoms with Gasteiger partial charge in [0.25, 0.3) is 5.91 Å². The Labute approximate surface area is 283 Å². The summed E-state index contributed by atoms with van der Waals surface area (Å²) in [6.07, 6.45) is 8.66. The third kappa shape index (κ3) is 5.79. The van der Waals surface area contributed by atoms with E-state index in [1.807, 2.05) is 59.6 Å². The fraction of sp³-hybridized carbons (Fsp3) is 0.200. The molecule has 2 aromatic carbocycles. The smallest absolute Gasteiger partial charge is 0.253 e. The summed E-state index contributed by atoms with van der Waals surface area (Å²) >= 11 is 5.16. The molecular weight excluding hydrogens is 676 g/mol. The highest BCUT2D eigenvalue weighted by atomic mass is 79.9. The van der Waals surface area contributed by atoms with Crippen molar-refractivity contribution >= 4 is 39.1 Å². The SMILES string of the molecule is O=C(NC1CC(C(=O)N2CCc3[nH]cnc3C2c2ccc(Br)cc2)C1)c1cncc(-n2cc(-c3ccc(-c4ccccc4)s3)nn2)c1. The molecule has 5 heterocycles. The molecule has 0 bridgehead atoms. The van der Waals surface area contributed by atoms with E-state index in [1.54, 1.807) is 40.8 Å². The number of pyridine rings is 1. The molecule has 234 valence electrons. The number of halogens is 1. The lowest BCUT2D eigenvalue weighted by atomic mass is 9.78. The number of aromatic amines is 1. The van der Waals surface area contributed by atoms with Crippen LogP contribution in [-0.2, 0) is 11.2 Å². The van der Waals surface area contributed by atoms with Gasteiger partial charge in [-0.2, -0.15) is 0 Å². The van der Waals surface area contributed by atoms with Crippen molar-refractivity contribution in [2.45, 2.75) is 31.3 Å². The van der Waals surface area contributed by atoms with E-state index in [0.29, 0.717) is 30.6 Å². The van der Waals surface area contributed by atoms with Gasteiger partial charge in [-0.1, -0.05) is 63.6 Å². The summed E-state index contributed by atoms with van der Waals surface area (Å²) in [4.78, 5) is 43.3. The topological polar surface area (TPSA) is 122 Å². The van der Waals surface area contributed by atoms with Crippen LogP contribution in [0, 0.1) is 5.92 Å². The minimum absolute atomic E-state index is 0.0902. The number of hydrogen-bond donors (Lipinski definition) is 2. The maximum Gasteiger partial charge on any atom is 0.253 e. The molecule has 1 unspecified atom stereocenters. The molecule has 0 spiro atoms. The van der Waals surface area contributed by atoms with Crippen LogP contribution < -0.4 is 5.32 Å². The fourth-order valence-corrected chi connectivity index (χ4v) is 7.58. The van der Waals surface area contributed by atoms with Crippen molar-refractivity contribution in [3.8, 4) is 26.7 Å². The van der Waals surface area contributed by atoms with Crippen molar-refractivity contribution < 1.29 is 9.59 Å². The van der Waals surface area contributed by atoms with Crippen LogP contribution in [0.4, 0.5) is 0 Å². The Bertz CT molecular complexity index is 2070. The number of rotatable bonds is 7. The third-order valence-corrected chi connectivity index (χ3v) is 10.6. The summed E-state index contributed by atoms with van der Waals surface area (Å²) in [6.45, 7) is 0.616. The van der Waals surface area contributed by atoms with Gasteiger partial charge >= 0.3 is 0 Å². The Morgan fingerprint density at radius 1 is 0.979 bits per heavy atom. The van der Waals surface area contributed by atoms with E-state index < -0.39 is 0 Å². The molecule has 1 aliphatic heterocycles. The molecule has 6 aromatic rings. The lowest BCUT2D eigenvalue weighted by molar-refractivity contribution is -0.141. The number of H-pyrrole nitrogens is 1. The molecular formula is C35H29BrN8O2S. The van der Waals surface area contributed by atoms with Crippen molar-refractivity contribution in [1.82, 2.24) is 40.2 Å². The number of nitrogens with zero attached hydrogens (tertiary/aromatic N) is 6. The van der Waals surface area contributed by atoms with Crippen molar-refractivity contribution in [2.24, 2.45) is 5.92 Å². The second kappa shape index (κ2) is 12.3. The van der Waals surface area contributed by atoms with Gasteiger partial charge in [0.15, 0.2) is 0 Å². The molecule has 2 N–H and O–H groups in total. The van der Waals surface area contributed by atoms with Gasteiger partial charge in [0.05, 0.1) is 40.5 Å². The van der Waals surface area contributed by atoms with Crippen LogP contribution in [0.25, 0.3) is 26.7 Å². The van der Waals surface area contributed by atoms with E-state index in [4.69, 9.17) is 0 Å². The largest absolute Gasteiger partial charge is 0.349 e. The first-order valence-electron chi connectivity index (χ1n) is 15.4. The highest BCUT2D eigenvalue weighted by Crippen LogP contribution is 2.38. The number of carbonyl (C=O) groups excluding carboxylic acids is 2. The number of amides is 2. The molecule has 12 heteroatoms. The first-order valence-corrected chi connectivity index (χ1v) is 17.0. The predicted molar refractivity (Wildman–Crippen MR) is 182 cm³/mol. The van der Waals surface area contributed by atoms with Crippen LogP contribution >= 0.6 is 27.3 Å². The minimum Gasteiger partial charge on any atom is -0.349 e. The zero-order chi connectivity index (χ0) is 31.9. The third-order valence-electron chi connectivity index (χ3n) is 8.88. The van der Waals surface area contributed by atoms with E-state index in [0.717, 1.165) is 48.9 Å². The van der Waals surface area contributed by atoms with Crippen LogP contribution in [0.2, 0.25) is 0 Å². The zero-order valence-corrected chi connectivity index (χ0v) is 27.5. The van der Waals surface area contributed by atoms with Crippen molar-refractivity contribution in [1.29, 1.82) is 0 Å². The Balaban J connectivity index is 0.911. The average molecular weight is 706 g/mol. The highest BCUT2D eigenvalue weighted by Gasteiger charge is 2.42. The zero-order valence-electron chi connectivity index (χ0n) is 25.1. The predicted octanol–water partition coefficient (Wildman–Crippen LogP) is 6.23. The van der Waals surface area contributed by atoms with Crippen molar-refractivity contribution in [2.75, 3.05) is 6.54 Å². The molecule has 10 nitrogen and oxygen atoms in total. The molecule has 8 rings (SSSR count). The van der Waals surface area contributed by atoms with Gasteiger partial charge < -0.3 is 15.2 Å². The van der Waals surface area contributed by atoms with Crippen LogP contribution in [0.15, 0.2) is 102 Å². The monoisotopic (exact) mass is 704 g/mol. The summed E-state index contributed by atoms with van der Waals surface area (Å²) in [5.74, 6) is -0.283. The van der Waals surface area contributed by atoms with E-state index in [-0.39, 0.29) is 29.8 Å². The highest BCUT2D eigenvalue weighted by molar-refractivity contribution is 9.10. The number of benzene rings is 2. The molecule has 0 saturated heterocycles. The summed E-state index contributed by atoms with van der Waals surface area (Å²) in [5, 5.41) is 11.8. The van der Waals surface area contributed by atoms with E-state index in [1.165, 1.54) is 0 Å². The summed E-state index contributed by atoms with van der Waals surface area (Å²) in [6, 6.07) is 23.8. The molecule has 1 aliphatic carbocycles. The molecule has 4 aromatic heterocycles. The number of carbonyl (C=O) groups is 2. The second-order valence-electron chi connectivity index (χ2n) is 11.9. The number of aromatic nitrogens is 6. The molecule has 2 aliphatic rings. The van der Waals surface area contributed by atoms with Crippen LogP contribution in [0.5, 0.6) is 0 Å². The standard InChI is InChI=1S/C35H29BrN8O2S/c36-25-8-6-22(7-9-25)33-32-28(38-20-39-32)12-13-43(33)35(46)23-14-26(15-23)40-34(45)24-16-27(18-37-17-24)44-19-29(41-42-44)31-11-10-30(47-31)21-4-2-1-3-5-21/h1-11,16-20,23,26,33H,12-15H2,(H,38,39)(H,40,45). The normalized spacial score (nSPS) is 18.7. The first kappa shape index (κ1) is 29.5. The average Bonchev–Trinajstić information content (AvgIpc) is 3.88. The van der Waals surface area contributed by atoms with Crippen LogP contribution in [0.1, 0.15) is 46.2 Å². The molecule has 1 saturated carbocycles. The van der Waals surface area contributed by atoms with Gasteiger partial charge in [0.1, 0.15) is 11.7 Å². The van der Waals surface area contributed by atoms with Gasteiger partial charge in [-0.25, -0.2) is 9.67 Å². The van der Waals surface area contributed by atoms with Gasteiger partial charge in [0.2, 0.25) is 5.91 Å². The maximum atomic E-state index is 13.8. The minimum atomic E-state index is -0.240. The fourth-order valence-electron chi connectivity index (χ4n) is 6.35. The quantitative estimate of drug-likeness (QED) is 0.203. The molecule has 1 fully saturated rings. The van der Waals surface area contributed by atoms with E-state index in [9.17, 15) is 9.59 Å². The van der Waals surface area contributed by atoms with Crippen LogP contribution in [-0.4, -0.2) is 59.2 Å². The van der Waals surface area contributed by atoms with E-state index in [2.05, 4.69) is 64.7 Å². The van der Waals surface area contributed by atoms with Gasteiger partial charge in [-0.05, 0) is 54.3 Å². The number of imidazole rings is 1. The van der Waals surface area contributed by atoms with Crippen molar-refractivity contribution in [3.63, 3.8) is 0 Å². The number of hydrogen-bond acceptors (Lipinski definition) is 7. The number of nitrogens with one attached hydrogen (secondary N) is 2. The number of thiophene rings is 1. The van der Waals surface area contributed by atoms with Gasteiger partial charge in [0, 0.05) is 46.2 Å². The lowest BCUT2D eigenvalue weighted by Crippen LogP contribution is -2.52. The van der Waals surface area contributed by atoms with Gasteiger partial charge in [-0.15, -0.1) is 16.4 Å². The molecule has 47 heavy (non-hydrogen) atoms. The summed E-state index contributed by atoms with van der Waals surface area (Å²) in [5.41, 5.74) is 5.96. The Hall–Kier alpha value is -4.94. The van der Waals surface area contributed by atoms with E-state index >= 15 is 0 Å². The molecule has 2 amide bonds. The lowest BCUT2D eigenvalue weighted by Gasteiger charge is -2.42. The van der Waals surface area contributed by atoms with Crippen LogP contribution in [0.3, 0.4) is 0 Å². The molecule has 1 atom stereocenters. The number of fused-ring (bicyclic) bond motifs is 1.